The third-order valence-corrected chi connectivity index (χ3v) is 8.07. The van der Waals surface area contributed by atoms with Crippen LogP contribution in [0.1, 0.15) is 29.4 Å². The van der Waals surface area contributed by atoms with E-state index >= 15 is 0 Å². The number of hydrogen-bond donors (Lipinski definition) is 0. The van der Waals surface area contributed by atoms with E-state index in [4.69, 9.17) is 33.0 Å². The molecule has 0 N–H and O–H groups in total. The van der Waals surface area contributed by atoms with E-state index in [0.29, 0.717) is 53.2 Å². The molecule has 0 unspecified atom stereocenters. The fourth-order valence-electron chi connectivity index (χ4n) is 4.36. The number of piperidine rings is 1. The number of nitrogens with zero attached hydrogens (tertiary/aromatic N) is 3. The molecular weight excluding hydrogens is 505 g/mol. The zero-order chi connectivity index (χ0) is 24.5. The Morgan fingerprint density at radius 1 is 1.06 bits per heavy atom. The second-order valence-electron chi connectivity index (χ2n) is 8.35. The first kappa shape index (κ1) is 23.9. The molecule has 0 saturated carbocycles. The lowest BCUT2D eigenvalue weighted by Crippen LogP contribution is -2.40. The predicted molar refractivity (Wildman–Crippen MR) is 140 cm³/mol. The number of carbonyl (C=O) groups is 2. The van der Waals surface area contributed by atoms with Crippen LogP contribution in [0.3, 0.4) is 0 Å². The van der Waals surface area contributed by atoms with Gasteiger partial charge in [-0.1, -0.05) is 53.5 Å². The molecule has 0 spiro atoms. The number of hydrogen-bond acceptors (Lipinski definition) is 5. The number of halogens is 2. The third kappa shape index (κ3) is 4.56. The van der Waals surface area contributed by atoms with E-state index in [2.05, 4.69) is 0 Å². The number of esters is 1. The Hall–Kier alpha value is -2.87. The molecule has 0 atom stereocenters. The Kier molecular flexibility index (Phi) is 6.82. The summed E-state index contributed by atoms with van der Waals surface area (Å²) in [6.07, 6.45) is 1.17. The molecule has 1 amide bonds. The molecular formula is C26H23Cl2N3O3S. The molecule has 6 nitrogen and oxygen atoms in total. The van der Waals surface area contributed by atoms with Crippen molar-refractivity contribution in [1.82, 2.24) is 14.7 Å². The Balaban J connectivity index is 1.53. The van der Waals surface area contributed by atoms with Gasteiger partial charge in [0.05, 0.1) is 28.6 Å². The number of ether oxygens (including phenoxy) is 1. The molecule has 1 saturated heterocycles. The van der Waals surface area contributed by atoms with Crippen molar-refractivity contribution in [1.29, 1.82) is 0 Å². The smallest absolute Gasteiger partial charge is 0.309 e. The van der Waals surface area contributed by atoms with Crippen LogP contribution in [0.5, 0.6) is 0 Å². The van der Waals surface area contributed by atoms with Gasteiger partial charge in [-0.3, -0.25) is 9.59 Å². The predicted octanol–water partition coefficient (Wildman–Crippen LogP) is 6.48. The quantitative estimate of drug-likeness (QED) is 0.278. The van der Waals surface area contributed by atoms with E-state index < -0.39 is 0 Å². The number of amides is 1. The number of likely N-dealkylation sites (tertiary alicyclic amines) is 1. The largest absolute Gasteiger partial charge is 0.466 e. The van der Waals surface area contributed by atoms with Gasteiger partial charge in [0, 0.05) is 23.7 Å². The van der Waals surface area contributed by atoms with Crippen molar-refractivity contribution in [3.8, 4) is 16.9 Å². The first-order valence-corrected chi connectivity index (χ1v) is 13.0. The first-order chi connectivity index (χ1) is 17.0. The van der Waals surface area contributed by atoms with E-state index in [-0.39, 0.29) is 17.8 Å². The van der Waals surface area contributed by atoms with Crippen LogP contribution in [0, 0.1) is 5.92 Å². The monoisotopic (exact) mass is 527 g/mol. The number of thiophene rings is 1. The fraction of sp³-hybridized carbons (Fsp3) is 0.269. The number of aromatic nitrogens is 2. The average molecular weight is 528 g/mol. The Morgan fingerprint density at radius 3 is 2.40 bits per heavy atom. The van der Waals surface area contributed by atoms with Crippen LogP contribution < -0.4 is 0 Å². The highest BCUT2D eigenvalue weighted by atomic mass is 35.5. The molecule has 0 radical (unpaired) electrons. The maximum Gasteiger partial charge on any atom is 0.309 e. The van der Waals surface area contributed by atoms with Gasteiger partial charge >= 0.3 is 5.97 Å². The highest BCUT2D eigenvalue weighted by Gasteiger charge is 2.32. The van der Waals surface area contributed by atoms with Crippen LogP contribution >= 0.6 is 34.5 Å². The first-order valence-electron chi connectivity index (χ1n) is 11.5. The van der Waals surface area contributed by atoms with E-state index in [1.165, 1.54) is 11.3 Å². The second kappa shape index (κ2) is 10.0. The van der Waals surface area contributed by atoms with E-state index in [0.717, 1.165) is 21.5 Å². The number of rotatable bonds is 5. The minimum Gasteiger partial charge on any atom is -0.466 e. The Labute approximate surface area is 217 Å². The highest BCUT2D eigenvalue weighted by Crippen LogP contribution is 2.43. The zero-order valence-electron chi connectivity index (χ0n) is 19.0. The van der Waals surface area contributed by atoms with E-state index in [1.54, 1.807) is 11.8 Å². The van der Waals surface area contributed by atoms with Gasteiger partial charge in [-0.2, -0.15) is 5.10 Å². The van der Waals surface area contributed by atoms with Gasteiger partial charge in [-0.15, -0.1) is 11.3 Å². The standard InChI is InChI=1S/C26H23Cl2N3O3S/c1-2-34-26(33)17-12-14-30(15-13-17)24(32)23-21(28)20-22(16-8-10-18(27)11-9-16)29-31(25(20)35-23)19-6-4-3-5-7-19/h3-11,17H,2,12-15H2,1H3. The van der Waals surface area contributed by atoms with Crippen LogP contribution in [0.15, 0.2) is 54.6 Å². The minimum absolute atomic E-state index is 0.125. The molecule has 0 bridgehead atoms. The van der Waals surface area contributed by atoms with Gasteiger partial charge in [0.25, 0.3) is 5.91 Å². The number of fused-ring (bicyclic) bond motifs is 1. The summed E-state index contributed by atoms with van der Waals surface area (Å²) < 4.78 is 6.98. The van der Waals surface area contributed by atoms with Crippen molar-refractivity contribution >= 4 is 56.6 Å². The summed E-state index contributed by atoms with van der Waals surface area (Å²) in [4.78, 5) is 28.7. The SMILES string of the molecule is CCOC(=O)C1CCN(C(=O)c2sc3c(c(-c4ccc(Cl)cc4)nn3-c3ccccc3)c2Cl)CC1. The van der Waals surface area contributed by atoms with Gasteiger partial charge in [0.2, 0.25) is 0 Å². The zero-order valence-corrected chi connectivity index (χ0v) is 21.4. The van der Waals surface area contributed by atoms with Crippen molar-refractivity contribution in [2.45, 2.75) is 19.8 Å². The normalized spacial score (nSPS) is 14.4. The van der Waals surface area contributed by atoms with Crippen LogP contribution in [0.4, 0.5) is 0 Å². The number of carbonyl (C=O) groups excluding carboxylic acids is 2. The summed E-state index contributed by atoms with van der Waals surface area (Å²) in [7, 11) is 0. The van der Waals surface area contributed by atoms with Gasteiger partial charge in [0.1, 0.15) is 15.4 Å². The molecule has 5 rings (SSSR count). The van der Waals surface area contributed by atoms with Crippen LogP contribution in [0.25, 0.3) is 27.2 Å². The average Bonchev–Trinajstić information content (AvgIpc) is 3.42. The molecule has 4 aromatic rings. The van der Waals surface area contributed by atoms with E-state index in [9.17, 15) is 9.59 Å². The van der Waals surface area contributed by atoms with Crippen LogP contribution in [-0.4, -0.2) is 46.3 Å². The molecule has 2 aromatic carbocycles. The van der Waals surface area contributed by atoms with Crippen molar-refractivity contribution in [2.75, 3.05) is 19.7 Å². The molecule has 1 aliphatic heterocycles. The van der Waals surface area contributed by atoms with Gasteiger partial charge < -0.3 is 9.64 Å². The number of benzene rings is 2. The van der Waals surface area contributed by atoms with Crippen LogP contribution in [0.2, 0.25) is 10.0 Å². The van der Waals surface area contributed by atoms with Crippen molar-refractivity contribution in [3.63, 3.8) is 0 Å². The molecule has 1 fully saturated rings. The summed E-state index contributed by atoms with van der Waals surface area (Å²) in [6.45, 7) is 3.14. The minimum atomic E-state index is -0.185. The van der Waals surface area contributed by atoms with Gasteiger partial charge in [-0.25, -0.2) is 4.68 Å². The lowest BCUT2D eigenvalue weighted by Gasteiger charge is -2.30. The molecule has 180 valence electrons. The van der Waals surface area contributed by atoms with Crippen molar-refractivity contribution in [3.05, 3.63) is 69.5 Å². The lowest BCUT2D eigenvalue weighted by molar-refractivity contribution is -0.149. The summed E-state index contributed by atoms with van der Waals surface area (Å²) in [5.41, 5.74) is 2.44. The van der Waals surface area contributed by atoms with Crippen molar-refractivity contribution < 1.29 is 14.3 Å². The Bertz CT molecular complexity index is 1370. The lowest BCUT2D eigenvalue weighted by atomic mass is 9.97. The summed E-state index contributed by atoms with van der Waals surface area (Å²) in [6, 6.07) is 17.2. The van der Waals surface area contributed by atoms with Crippen LogP contribution in [-0.2, 0) is 9.53 Å². The van der Waals surface area contributed by atoms with E-state index in [1.807, 2.05) is 59.3 Å². The van der Waals surface area contributed by atoms with Gasteiger partial charge in [-0.05, 0) is 44.0 Å². The molecule has 1 aliphatic rings. The molecule has 2 aromatic heterocycles. The fourth-order valence-corrected chi connectivity index (χ4v) is 6.06. The maximum absolute atomic E-state index is 13.5. The third-order valence-electron chi connectivity index (χ3n) is 6.18. The summed E-state index contributed by atoms with van der Waals surface area (Å²) in [5, 5.41) is 6.63. The molecule has 0 aliphatic carbocycles. The second-order valence-corrected chi connectivity index (χ2v) is 10.2. The Morgan fingerprint density at radius 2 is 1.74 bits per heavy atom. The number of para-hydroxylation sites is 1. The molecule has 3 heterocycles. The molecule has 35 heavy (non-hydrogen) atoms. The van der Waals surface area contributed by atoms with Gasteiger partial charge in [0.15, 0.2) is 0 Å². The maximum atomic E-state index is 13.5. The topological polar surface area (TPSA) is 64.4 Å². The summed E-state index contributed by atoms with van der Waals surface area (Å²) in [5.74, 6) is -0.477. The summed E-state index contributed by atoms with van der Waals surface area (Å²) >= 11 is 14.3. The van der Waals surface area contributed by atoms with Crippen molar-refractivity contribution in [2.24, 2.45) is 5.92 Å². The highest BCUT2D eigenvalue weighted by molar-refractivity contribution is 7.21. The molecule has 9 heteroatoms.